The molecule has 0 fully saturated rings. The van der Waals surface area contributed by atoms with Crippen LogP contribution in [0.15, 0.2) is 42.5 Å². The predicted octanol–water partition coefficient (Wildman–Crippen LogP) is 3.75. The second-order valence-electron chi connectivity index (χ2n) is 5.01. The van der Waals surface area contributed by atoms with Gasteiger partial charge < -0.3 is 10.1 Å². The van der Waals surface area contributed by atoms with E-state index in [0.29, 0.717) is 16.3 Å². The van der Waals surface area contributed by atoms with Gasteiger partial charge >= 0.3 is 5.97 Å². The molecule has 0 aliphatic heterocycles. The highest BCUT2D eigenvalue weighted by molar-refractivity contribution is 6.30. The van der Waals surface area contributed by atoms with Crippen molar-refractivity contribution >= 4 is 29.2 Å². The zero-order valence-electron chi connectivity index (χ0n) is 12.4. The van der Waals surface area contributed by atoms with Crippen LogP contribution in [0, 0.1) is 13.8 Å². The fraction of sp³-hybridized carbons (Fsp3) is 0.176. The number of ether oxygens (including phenoxy) is 1. The number of hydrogen-bond acceptors (Lipinski definition) is 3. The molecule has 0 aliphatic rings. The van der Waals surface area contributed by atoms with Crippen molar-refractivity contribution < 1.29 is 14.3 Å². The molecule has 1 N–H and O–H groups in total. The second kappa shape index (κ2) is 7.09. The van der Waals surface area contributed by atoms with Crippen molar-refractivity contribution in [2.75, 3.05) is 11.9 Å². The second-order valence-corrected chi connectivity index (χ2v) is 5.44. The van der Waals surface area contributed by atoms with Crippen molar-refractivity contribution in [2.24, 2.45) is 0 Å². The Balaban J connectivity index is 1.89. The quantitative estimate of drug-likeness (QED) is 0.874. The normalized spacial score (nSPS) is 10.1. The first kappa shape index (κ1) is 16.0. The van der Waals surface area contributed by atoms with Crippen molar-refractivity contribution in [2.45, 2.75) is 13.8 Å². The van der Waals surface area contributed by atoms with Gasteiger partial charge in [0.05, 0.1) is 5.56 Å². The Kier molecular flexibility index (Phi) is 5.17. The predicted molar refractivity (Wildman–Crippen MR) is 86.3 cm³/mol. The number of esters is 1. The number of benzene rings is 2. The Morgan fingerprint density at radius 2 is 1.64 bits per heavy atom. The van der Waals surface area contributed by atoms with Gasteiger partial charge in [0.25, 0.3) is 5.91 Å². The summed E-state index contributed by atoms with van der Waals surface area (Å²) in [6.07, 6.45) is 0. The number of rotatable bonds is 4. The maximum atomic E-state index is 11.8. The van der Waals surface area contributed by atoms with Gasteiger partial charge in [0.1, 0.15) is 0 Å². The molecule has 0 unspecified atom stereocenters. The number of halogens is 1. The number of aryl methyl sites for hydroxylation is 2. The smallest absolute Gasteiger partial charge is 0.338 e. The van der Waals surface area contributed by atoms with Crippen LogP contribution in [0.3, 0.4) is 0 Å². The van der Waals surface area contributed by atoms with Crippen molar-refractivity contribution in [3.63, 3.8) is 0 Å². The SMILES string of the molecule is Cc1cc(C)cc(NC(=O)COC(=O)c2ccc(Cl)cc2)c1. The molecule has 0 atom stereocenters. The molecule has 5 heteroatoms. The molecule has 22 heavy (non-hydrogen) atoms. The summed E-state index contributed by atoms with van der Waals surface area (Å²) in [7, 11) is 0. The fourth-order valence-electron chi connectivity index (χ4n) is 2.04. The summed E-state index contributed by atoms with van der Waals surface area (Å²) in [5.74, 6) is -0.945. The lowest BCUT2D eigenvalue weighted by Crippen LogP contribution is -2.21. The van der Waals surface area contributed by atoms with E-state index in [1.807, 2.05) is 32.0 Å². The highest BCUT2D eigenvalue weighted by Gasteiger charge is 2.10. The molecule has 4 nitrogen and oxygen atoms in total. The van der Waals surface area contributed by atoms with Gasteiger partial charge in [-0.25, -0.2) is 4.79 Å². The number of amides is 1. The summed E-state index contributed by atoms with van der Waals surface area (Å²) in [4.78, 5) is 23.6. The van der Waals surface area contributed by atoms with Crippen molar-refractivity contribution in [1.82, 2.24) is 0 Å². The van der Waals surface area contributed by atoms with Gasteiger partial charge in [-0.3, -0.25) is 4.79 Å². The Labute approximate surface area is 134 Å². The number of carbonyl (C=O) groups excluding carboxylic acids is 2. The zero-order valence-corrected chi connectivity index (χ0v) is 13.1. The van der Waals surface area contributed by atoms with Gasteiger partial charge in [-0.05, 0) is 61.4 Å². The van der Waals surface area contributed by atoms with Crippen LogP contribution in [0.5, 0.6) is 0 Å². The van der Waals surface area contributed by atoms with Crippen LogP contribution in [0.1, 0.15) is 21.5 Å². The molecule has 1 amide bonds. The molecule has 0 saturated heterocycles. The minimum atomic E-state index is -0.563. The average Bonchev–Trinajstić information content (AvgIpc) is 2.44. The van der Waals surface area contributed by atoms with E-state index in [-0.39, 0.29) is 12.5 Å². The monoisotopic (exact) mass is 317 g/mol. The van der Waals surface area contributed by atoms with Gasteiger partial charge in [-0.1, -0.05) is 17.7 Å². The van der Waals surface area contributed by atoms with Crippen LogP contribution in [0.4, 0.5) is 5.69 Å². The summed E-state index contributed by atoms with van der Waals surface area (Å²) < 4.78 is 4.97. The van der Waals surface area contributed by atoms with E-state index < -0.39 is 5.97 Å². The summed E-state index contributed by atoms with van der Waals surface area (Å²) in [6.45, 7) is 3.56. The number of hydrogen-bond donors (Lipinski definition) is 1. The number of nitrogens with one attached hydrogen (secondary N) is 1. The van der Waals surface area contributed by atoms with E-state index in [2.05, 4.69) is 5.32 Å². The third kappa shape index (κ3) is 4.60. The largest absolute Gasteiger partial charge is 0.452 e. The summed E-state index contributed by atoms with van der Waals surface area (Å²) in [5.41, 5.74) is 3.13. The van der Waals surface area contributed by atoms with Crippen molar-refractivity contribution in [1.29, 1.82) is 0 Å². The molecule has 0 radical (unpaired) electrons. The number of anilines is 1. The van der Waals surface area contributed by atoms with E-state index in [4.69, 9.17) is 16.3 Å². The summed E-state index contributed by atoms with van der Waals surface area (Å²) in [5, 5.41) is 3.23. The van der Waals surface area contributed by atoms with Crippen LogP contribution >= 0.6 is 11.6 Å². The van der Waals surface area contributed by atoms with Crippen LogP contribution < -0.4 is 5.32 Å². The van der Waals surface area contributed by atoms with Gasteiger partial charge in [-0.15, -0.1) is 0 Å². The molecule has 114 valence electrons. The van der Waals surface area contributed by atoms with E-state index in [1.165, 1.54) is 0 Å². The molecule has 0 spiro atoms. The van der Waals surface area contributed by atoms with Crippen LogP contribution in [-0.4, -0.2) is 18.5 Å². The summed E-state index contributed by atoms with van der Waals surface area (Å²) >= 11 is 5.74. The minimum absolute atomic E-state index is 0.339. The molecule has 2 aromatic carbocycles. The van der Waals surface area contributed by atoms with Crippen molar-refractivity contribution in [3.8, 4) is 0 Å². The average molecular weight is 318 g/mol. The first-order chi connectivity index (χ1) is 10.4. The van der Waals surface area contributed by atoms with E-state index in [1.54, 1.807) is 24.3 Å². The maximum absolute atomic E-state index is 11.8. The lowest BCUT2D eigenvalue weighted by atomic mass is 10.1. The zero-order chi connectivity index (χ0) is 16.1. The van der Waals surface area contributed by atoms with Crippen molar-refractivity contribution in [3.05, 3.63) is 64.2 Å². The molecule has 0 heterocycles. The Hall–Kier alpha value is -2.33. The topological polar surface area (TPSA) is 55.4 Å². The van der Waals surface area contributed by atoms with Gasteiger partial charge in [0.2, 0.25) is 0 Å². The lowest BCUT2D eigenvalue weighted by molar-refractivity contribution is -0.119. The Bertz CT molecular complexity index is 675. The van der Waals surface area contributed by atoms with Crippen LogP contribution in [0.25, 0.3) is 0 Å². The molecular formula is C17H16ClNO3. The van der Waals surface area contributed by atoms with Crippen LogP contribution in [-0.2, 0) is 9.53 Å². The van der Waals surface area contributed by atoms with E-state index in [9.17, 15) is 9.59 Å². The Morgan fingerprint density at radius 3 is 2.23 bits per heavy atom. The minimum Gasteiger partial charge on any atom is -0.452 e. The van der Waals surface area contributed by atoms with Crippen LogP contribution in [0.2, 0.25) is 5.02 Å². The molecule has 0 aliphatic carbocycles. The van der Waals surface area contributed by atoms with E-state index >= 15 is 0 Å². The highest BCUT2D eigenvalue weighted by Crippen LogP contribution is 2.14. The molecule has 2 rings (SSSR count). The molecule has 0 aromatic heterocycles. The number of carbonyl (C=O) groups is 2. The maximum Gasteiger partial charge on any atom is 0.338 e. The third-order valence-corrected chi connectivity index (χ3v) is 3.17. The van der Waals surface area contributed by atoms with E-state index in [0.717, 1.165) is 11.1 Å². The third-order valence-electron chi connectivity index (χ3n) is 2.92. The standard InChI is InChI=1S/C17H16ClNO3/c1-11-7-12(2)9-15(8-11)19-16(20)10-22-17(21)13-3-5-14(18)6-4-13/h3-9H,10H2,1-2H3,(H,19,20). The molecule has 0 bridgehead atoms. The van der Waals surface area contributed by atoms with Gasteiger partial charge in [-0.2, -0.15) is 0 Å². The summed E-state index contributed by atoms with van der Waals surface area (Å²) in [6, 6.07) is 12.0. The highest BCUT2D eigenvalue weighted by atomic mass is 35.5. The fourth-order valence-corrected chi connectivity index (χ4v) is 2.17. The van der Waals surface area contributed by atoms with Gasteiger partial charge in [0, 0.05) is 10.7 Å². The first-order valence-electron chi connectivity index (χ1n) is 6.75. The molecular weight excluding hydrogens is 302 g/mol. The molecule has 0 saturated carbocycles. The van der Waals surface area contributed by atoms with Gasteiger partial charge in [0.15, 0.2) is 6.61 Å². The Morgan fingerprint density at radius 1 is 1.05 bits per heavy atom. The first-order valence-corrected chi connectivity index (χ1v) is 7.12. The lowest BCUT2D eigenvalue weighted by Gasteiger charge is -2.08. The molecule has 2 aromatic rings.